The molecule has 2 N–H and O–H groups in total. The number of halogens is 1. The van der Waals surface area contributed by atoms with E-state index in [9.17, 15) is 8.42 Å². The smallest absolute Gasteiger partial charge is 0.214 e. The van der Waals surface area contributed by atoms with E-state index >= 15 is 0 Å². The molecular formula is C22H40IN5O2S. The summed E-state index contributed by atoms with van der Waals surface area (Å²) >= 11 is 0. The Hall–Kier alpha value is -0.910. The van der Waals surface area contributed by atoms with Crippen LogP contribution in [-0.2, 0) is 16.6 Å². The molecule has 1 fully saturated rings. The summed E-state index contributed by atoms with van der Waals surface area (Å²) in [7, 11) is 0.846. The number of hydrogen-bond acceptors (Lipinski definition) is 4. The zero-order valence-corrected chi connectivity index (χ0v) is 22.5. The van der Waals surface area contributed by atoms with Gasteiger partial charge in [-0.1, -0.05) is 37.3 Å². The first kappa shape index (κ1) is 28.1. The summed E-state index contributed by atoms with van der Waals surface area (Å²) in [6.07, 6.45) is 3.29. The van der Waals surface area contributed by atoms with Gasteiger partial charge in [-0.25, -0.2) is 12.7 Å². The van der Waals surface area contributed by atoms with Gasteiger partial charge in [0.2, 0.25) is 10.0 Å². The molecule has 7 nitrogen and oxygen atoms in total. The number of sulfonamides is 1. The van der Waals surface area contributed by atoms with Crippen molar-refractivity contribution in [2.24, 2.45) is 4.99 Å². The van der Waals surface area contributed by atoms with Gasteiger partial charge in [0.05, 0.1) is 5.75 Å². The Balaban J connectivity index is 0.00000480. The minimum absolute atomic E-state index is 0. The lowest BCUT2D eigenvalue weighted by atomic mass is 10.1. The predicted octanol–water partition coefficient (Wildman–Crippen LogP) is 2.88. The number of nitrogens with one attached hydrogen (secondary N) is 2. The lowest BCUT2D eigenvalue weighted by molar-refractivity contribution is 0.238. The highest BCUT2D eigenvalue weighted by molar-refractivity contribution is 14.0. The first-order valence-corrected chi connectivity index (χ1v) is 12.7. The van der Waals surface area contributed by atoms with Crippen LogP contribution in [0.5, 0.6) is 0 Å². The average molecular weight is 566 g/mol. The van der Waals surface area contributed by atoms with Crippen molar-refractivity contribution < 1.29 is 8.42 Å². The van der Waals surface area contributed by atoms with Crippen molar-refractivity contribution in [2.45, 2.75) is 58.2 Å². The van der Waals surface area contributed by atoms with E-state index in [1.807, 2.05) is 13.0 Å². The fourth-order valence-corrected chi connectivity index (χ4v) is 5.24. The van der Waals surface area contributed by atoms with Gasteiger partial charge in [-0.05, 0) is 45.2 Å². The van der Waals surface area contributed by atoms with Crippen LogP contribution in [0.3, 0.4) is 0 Å². The maximum absolute atomic E-state index is 12.2. The Bertz CT molecular complexity index is 752. The van der Waals surface area contributed by atoms with E-state index in [-0.39, 0.29) is 35.8 Å². The van der Waals surface area contributed by atoms with Crippen LogP contribution in [0.2, 0.25) is 0 Å². The lowest BCUT2D eigenvalue weighted by Crippen LogP contribution is -2.50. The fourth-order valence-electron chi connectivity index (χ4n) is 3.70. The van der Waals surface area contributed by atoms with Gasteiger partial charge in [0.25, 0.3) is 0 Å². The molecule has 1 atom stereocenters. The molecule has 9 heteroatoms. The number of benzene rings is 1. The zero-order chi connectivity index (χ0) is 22.0. The molecule has 1 aromatic carbocycles. The van der Waals surface area contributed by atoms with Crippen molar-refractivity contribution in [3.63, 3.8) is 0 Å². The summed E-state index contributed by atoms with van der Waals surface area (Å²) in [5.41, 5.74) is 1.32. The second-order valence-corrected chi connectivity index (χ2v) is 10.3. The van der Waals surface area contributed by atoms with Crippen LogP contribution in [-0.4, -0.2) is 75.1 Å². The second-order valence-electron chi connectivity index (χ2n) is 8.17. The highest BCUT2D eigenvalue weighted by atomic mass is 127. The van der Waals surface area contributed by atoms with Crippen LogP contribution in [0.15, 0.2) is 35.3 Å². The van der Waals surface area contributed by atoms with E-state index in [2.05, 4.69) is 58.8 Å². The number of piperidine rings is 1. The molecule has 31 heavy (non-hydrogen) atoms. The van der Waals surface area contributed by atoms with E-state index in [1.165, 1.54) is 5.56 Å². The van der Waals surface area contributed by atoms with Crippen molar-refractivity contribution in [1.29, 1.82) is 0 Å². The van der Waals surface area contributed by atoms with E-state index in [0.29, 0.717) is 25.6 Å². The monoisotopic (exact) mass is 565 g/mol. The van der Waals surface area contributed by atoms with Crippen molar-refractivity contribution >= 4 is 40.0 Å². The van der Waals surface area contributed by atoms with E-state index in [4.69, 9.17) is 0 Å². The van der Waals surface area contributed by atoms with Crippen molar-refractivity contribution in [3.05, 3.63) is 35.9 Å². The molecule has 1 aromatic rings. The van der Waals surface area contributed by atoms with E-state index in [1.54, 1.807) is 11.4 Å². The Morgan fingerprint density at radius 2 is 1.90 bits per heavy atom. The quantitative estimate of drug-likeness (QED) is 0.259. The topological polar surface area (TPSA) is 77.0 Å². The predicted molar refractivity (Wildman–Crippen MR) is 141 cm³/mol. The van der Waals surface area contributed by atoms with Crippen LogP contribution in [0.4, 0.5) is 0 Å². The van der Waals surface area contributed by atoms with Crippen LogP contribution >= 0.6 is 24.0 Å². The van der Waals surface area contributed by atoms with Crippen LogP contribution in [0.1, 0.15) is 45.1 Å². The summed E-state index contributed by atoms with van der Waals surface area (Å²) in [5, 5.41) is 6.86. The molecule has 0 bridgehead atoms. The Morgan fingerprint density at radius 1 is 1.26 bits per heavy atom. The molecule has 1 aliphatic rings. The third-order valence-electron chi connectivity index (χ3n) is 5.76. The molecule has 1 saturated heterocycles. The van der Waals surface area contributed by atoms with E-state index in [0.717, 1.165) is 38.3 Å². The zero-order valence-electron chi connectivity index (χ0n) is 19.4. The third-order valence-corrected chi connectivity index (χ3v) is 7.83. The molecule has 0 spiro atoms. The first-order chi connectivity index (χ1) is 14.4. The van der Waals surface area contributed by atoms with Crippen LogP contribution < -0.4 is 10.6 Å². The van der Waals surface area contributed by atoms with Gasteiger partial charge >= 0.3 is 0 Å². The fraction of sp³-hybridized carbons (Fsp3) is 0.682. The summed E-state index contributed by atoms with van der Waals surface area (Å²) in [5.74, 6) is 1.04. The van der Waals surface area contributed by atoms with Crippen molar-refractivity contribution in [3.8, 4) is 0 Å². The Labute approximate surface area is 206 Å². The Kier molecular flexibility index (Phi) is 13.0. The molecule has 0 aliphatic carbocycles. The summed E-state index contributed by atoms with van der Waals surface area (Å²) < 4.78 is 26.1. The second kappa shape index (κ2) is 14.3. The number of hydrogen-bond donors (Lipinski definition) is 2. The van der Waals surface area contributed by atoms with Gasteiger partial charge in [0.15, 0.2) is 5.96 Å². The molecule has 0 amide bonds. The molecule has 178 valence electrons. The molecule has 1 unspecified atom stereocenters. The van der Waals surface area contributed by atoms with Crippen molar-refractivity contribution in [2.75, 3.05) is 39.5 Å². The summed E-state index contributed by atoms with van der Waals surface area (Å²) in [6.45, 7) is 7.09. The van der Waals surface area contributed by atoms with E-state index < -0.39 is 10.0 Å². The largest absolute Gasteiger partial charge is 0.356 e. The van der Waals surface area contributed by atoms with Gasteiger partial charge in [-0.3, -0.25) is 9.89 Å². The maximum Gasteiger partial charge on any atom is 0.214 e. The standard InChI is InChI=1S/C22H39N5O2S.HI/c1-5-17-30(28,29)27-15-12-21(13-16-27)25-22(23-3)24-14-11-19(2)26(4)18-20-9-7-6-8-10-20;/h6-10,19,21H,5,11-18H2,1-4H3,(H2,23,24,25);1H. The third kappa shape index (κ3) is 9.63. The number of nitrogens with zero attached hydrogens (tertiary/aromatic N) is 3. The normalized spacial score (nSPS) is 17.3. The minimum atomic E-state index is -3.09. The highest BCUT2D eigenvalue weighted by Gasteiger charge is 2.27. The molecule has 1 heterocycles. The van der Waals surface area contributed by atoms with Crippen LogP contribution in [0, 0.1) is 0 Å². The molecular weight excluding hydrogens is 525 g/mol. The van der Waals surface area contributed by atoms with Gasteiger partial charge < -0.3 is 10.6 Å². The van der Waals surface area contributed by atoms with Crippen LogP contribution in [0.25, 0.3) is 0 Å². The SMILES string of the molecule is CCCS(=O)(=O)N1CCC(NC(=NC)NCCC(C)N(C)Cc2ccccc2)CC1.I. The summed E-state index contributed by atoms with van der Waals surface area (Å²) in [6, 6.07) is 11.2. The molecule has 0 radical (unpaired) electrons. The maximum atomic E-state index is 12.2. The van der Waals surface area contributed by atoms with Crippen molar-refractivity contribution in [1.82, 2.24) is 19.8 Å². The molecule has 0 saturated carbocycles. The minimum Gasteiger partial charge on any atom is -0.356 e. The van der Waals surface area contributed by atoms with Gasteiger partial charge in [-0.15, -0.1) is 24.0 Å². The number of aliphatic imine (C=N–C) groups is 1. The Morgan fingerprint density at radius 3 is 2.48 bits per heavy atom. The molecule has 1 aliphatic heterocycles. The highest BCUT2D eigenvalue weighted by Crippen LogP contribution is 2.15. The number of guanidine groups is 1. The lowest BCUT2D eigenvalue weighted by Gasteiger charge is -2.32. The first-order valence-electron chi connectivity index (χ1n) is 11.0. The van der Waals surface area contributed by atoms with Gasteiger partial charge in [-0.2, -0.15) is 0 Å². The molecule has 0 aromatic heterocycles. The van der Waals surface area contributed by atoms with Gasteiger partial charge in [0, 0.05) is 45.3 Å². The summed E-state index contributed by atoms with van der Waals surface area (Å²) in [4.78, 5) is 6.70. The number of rotatable bonds is 10. The molecule has 2 rings (SSSR count). The van der Waals surface area contributed by atoms with Gasteiger partial charge in [0.1, 0.15) is 0 Å². The average Bonchev–Trinajstić information content (AvgIpc) is 2.74.